The highest BCUT2D eigenvalue weighted by atomic mass is 35.5. The van der Waals surface area contributed by atoms with Crippen LogP contribution in [0.3, 0.4) is 0 Å². The second-order valence-corrected chi connectivity index (χ2v) is 7.08. The molecule has 1 aliphatic rings. The normalized spacial score (nSPS) is 15.6. The number of carbonyl (C=O) groups is 1. The van der Waals surface area contributed by atoms with Crippen molar-refractivity contribution in [1.29, 1.82) is 0 Å². The van der Waals surface area contributed by atoms with Gasteiger partial charge < -0.3 is 15.8 Å². The topological polar surface area (TPSA) is 95.1 Å². The van der Waals surface area contributed by atoms with Crippen LogP contribution in [0.15, 0.2) is 59.8 Å². The number of nitrogens with zero attached hydrogens (tertiary/aromatic N) is 3. The van der Waals surface area contributed by atoms with E-state index in [2.05, 4.69) is 15.4 Å². The van der Waals surface area contributed by atoms with Crippen molar-refractivity contribution >= 4 is 23.5 Å². The van der Waals surface area contributed by atoms with Gasteiger partial charge in [-0.15, -0.1) is 5.10 Å². The van der Waals surface area contributed by atoms with Gasteiger partial charge in [-0.1, -0.05) is 35.9 Å². The van der Waals surface area contributed by atoms with E-state index in [1.165, 1.54) is 0 Å². The van der Waals surface area contributed by atoms with Crippen LogP contribution in [0.5, 0.6) is 5.75 Å². The molecule has 8 heteroatoms. The summed E-state index contributed by atoms with van der Waals surface area (Å²) in [6.45, 7) is 4.31. The molecule has 0 aliphatic carbocycles. The van der Waals surface area contributed by atoms with Gasteiger partial charge >= 0.3 is 0 Å². The summed E-state index contributed by atoms with van der Waals surface area (Å²) in [5.74, 6) is 1.27. The van der Waals surface area contributed by atoms with E-state index in [0.29, 0.717) is 34.7 Å². The zero-order chi connectivity index (χ0) is 20.5. The first-order chi connectivity index (χ1) is 14.0. The number of nitrogens with two attached hydrogens (primary N) is 1. The molecule has 0 unspecified atom stereocenters. The van der Waals surface area contributed by atoms with E-state index in [0.717, 1.165) is 16.9 Å². The van der Waals surface area contributed by atoms with Gasteiger partial charge in [0.1, 0.15) is 11.8 Å². The molecule has 2 aromatic carbocycles. The van der Waals surface area contributed by atoms with E-state index in [1.807, 2.05) is 43.3 Å². The van der Waals surface area contributed by atoms with E-state index in [4.69, 9.17) is 22.1 Å². The van der Waals surface area contributed by atoms with Gasteiger partial charge in [0, 0.05) is 16.3 Å². The third-order valence-electron chi connectivity index (χ3n) is 4.71. The number of rotatable bonds is 5. The Morgan fingerprint density at radius 3 is 2.69 bits per heavy atom. The molecule has 7 nitrogen and oxygen atoms in total. The van der Waals surface area contributed by atoms with Crippen LogP contribution in [-0.2, 0) is 4.79 Å². The molecule has 0 spiro atoms. The van der Waals surface area contributed by atoms with Gasteiger partial charge in [-0.3, -0.25) is 4.79 Å². The van der Waals surface area contributed by atoms with Gasteiger partial charge in [-0.2, -0.15) is 4.98 Å². The monoisotopic (exact) mass is 409 g/mol. The Morgan fingerprint density at radius 1 is 1.28 bits per heavy atom. The molecule has 1 amide bonds. The molecule has 148 valence electrons. The molecule has 2 heterocycles. The largest absolute Gasteiger partial charge is 0.494 e. The third kappa shape index (κ3) is 3.56. The first-order valence-corrected chi connectivity index (χ1v) is 9.58. The number of hydrogen-bond acceptors (Lipinski definition) is 5. The molecule has 0 bridgehead atoms. The lowest BCUT2D eigenvalue weighted by molar-refractivity contribution is -0.115. The highest BCUT2D eigenvalue weighted by Crippen LogP contribution is 2.36. The van der Waals surface area contributed by atoms with Gasteiger partial charge in [-0.25, -0.2) is 4.68 Å². The fourth-order valence-corrected chi connectivity index (χ4v) is 3.63. The quantitative estimate of drug-likeness (QED) is 0.668. The molecule has 0 radical (unpaired) electrons. The fourth-order valence-electron chi connectivity index (χ4n) is 3.44. The first kappa shape index (κ1) is 19.0. The summed E-state index contributed by atoms with van der Waals surface area (Å²) >= 11 is 6.12. The van der Waals surface area contributed by atoms with Crippen molar-refractivity contribution < 1.29 is 9.53 Å². The van der Waals surface area contributed by atoms with Gasteiger partial charge in [0.2, 0.25) is 11.9 Å². The number of allylic oxidation sites excluding steroid dienone is 1. The predicted molar refractivity (Wildman–Crippen MR) is 112 cm³/mol. The van der Waals surface area contributed by atoms with Crippen molar-refractivity contribution in [3.63, 3.8) is 0 Å². The molecule has 1 aromatic heterocycles. The van der Waals surface area contributed by atoms with Gasteiger partial charge in [0.15, 0.2) is 5.82 Å². The van der Waals surface area contributed by atoms with Crippen molar-refractivity contribution in [3.8, 4) is 17.1 Å². The lowest BCUT2D eigenvalue weighted by Gasteiger charge is -2.27. The maximum atomic E-state index is 12.3. The van der Waals surface area contributed by atoms with Crippen LogP contribution in [0.1, 0.15) is 25.5 Å². The van der Waals surface area contributed by atoms with Crippen LogP contribution in [-0.4, -0.2) is 27.3 Å². The highest BCUT2D eigenvalue weighted by Gasteiger charge is 2.33. The fraction of sp³-hybridized carbons (Fsp3) is 0.190. The summed E-state index contributed by atoms with van der Waals surface area (Å²) in [6, 6.07) is 14.3. The van der Waals surface area contributed by atoms with Crippen LogP contribution >= 0.6 is 11.6 Å². The van der Waals surface area contributed by atoms with E-state index < -0.39 is 11.9 Å². The number of amides is 1. The minimum absolute atomic E-state index is 0.434. The number of anilines is 1. The highest BCUT2D eigenvalue weighted by molar-refractivity contribution is 6.30. The molecule has 1 atom stereocenters. The summed E-state index contributed by atoms with van der Waals surface area (Å²) in [5.41, 5.74) is 8.43. The van der Waals surface area contributed by atoms with Crippen molar-refractivity contribution in [2.24, 2.45) is 5.73 Å². The Bertz CT molecular complexity index is 1100. The number of nitrogens with one attached hydrogen (secondary N) is 1. The van der Waals surface area contributed by atoms with Crippen LogP contribution in [0.2, 0.25) is 5.02 Å². The number of fused-ring (bicyclic) bond motifs is 1. The summed E-state index contributed by atoms with van der Waals surface area (Å²) in [4.78, 5) is 16.9. The Balaban J connectivity index is 1.83. The molecule has 0 saturated heterocycles. The minimum Gasteiger partial charge on any atom is -0.494 e. The molecule has 1 aliphatic heterocycles. The molecular formula is C21H20ClN5O2. The molecule has 4 rings (SSSR count). The van der Waals surface area contributed by atoms with Gasteiger partial charge in [0.05, 0.1) is 12.2 Å². The van der Waals surface area contributed by atoms with Crippen molar-refractivity contribution in [1.82, 2.24) is 14.8 Å². The molecular weight excluding hydrogens is 390 g/mol. The lowest BCUT2D eigenvalue weighted by atomic mass is 9.95. The SMILES string of the molecule is CCOc1ccc([C@@H]2C(C(N)=O)=C(C)Nc3nc(-c4cccc(Cl)c4)nn32)cc1. The van der Waals surface area contributed by atoms with Crippen molar-refractivity contribution in [3.05, 3.63) is 70.4 Å². The summed E-state index contributed by atoms with van der Waals surface area (Å²) in [7, 11) is 0. The smallest absolute Gasteiger partial charge is 0.248 e. The van der Waals surface area contributed by atoms with Crippen molar-refractivity contribution in [2.75, 3.05) is 11.9 Å². The number of ether oxygens (including phenoxy) is 1. The Kier molecular flexibility index (Phi) is 4.98. The van der Waals surface area contributed by atoms with E-state index in [-0.39, 0.29) is 0 Å². The number of carbonyl (C=O) groups excluding carboxylic acids is 1. The molecule has 29 heavy (non-hydrogen) atoms. The van der Waals surface area contributed by atoms with E-state index in [1.54, 1.807) is 23.7 Å². The first-order valence-electron chi connectivity index (χ1n) is 9.20. The Hall–Kier alpha value is -3.32. The second kappa shape index (κ2) is 7.60. The molecule has 0 saturated carbocycles. The Morgan fingerprint density at radius 2 is 2.03 bits per heavy atom. The van der Waals surface area contributed by atoms with Crippen LogP contribution < -0.4 is 15.8 Å². The van der Waals surface area contributed by atoms with E-state index in [9.17, 15) is 4.79 Å². The van der Waals surface area contributed by atoms with E-state index >= 15 is 0 Å². The average molecular weight is 410 g/mol. The second-order valence-electron chi connectivity index (χ2n) is 6.65. The Labute approximate surface area is 173 Å². The zero-order valence-corrected chi connectivity index (χ0v) is 16.8. The minimum atomic E-state index is -0.514. The summed E-state index contributed by atoms with van der Waals surface area (Å²) in [6.07, 6.45) is 0. The number of primary amides is 1. The molecule has 0 fully saturated rings. The maximum absolute atomic E-state index is 12.3. The van der Waals surface area contributed by atoms with Crippen LogP contribution in [0, 0.1) is 0 Å². The molecule has 3 aromatic rings. The van der Waals surface area contributed by atoms with Gasteiger partial charge in [-0.05, 0) is 43.7 Å². The number of aromatic nitrogens is 3. The summed E-state index contributed by atoms with van der Waals surface area (Å²) < 4.78 is 7.20. The lowest BCUT2D eigenvalue weighted by Crippen LogP contribution is -2.31. The van der Waals surface area contributed by atoms with Crippen LogP contribution in [0.25, 0.3) is 11.4 Å². The standard InChI is InChI=1S/C21H20ClN5O2/c1-3-29-16-9-7-13(8-10-16)18-17(19(23)28)12(2)24-21-25-20(26-27(18)21)14-5-4-6-15(22)11-14/h4-11,18H,3H2,1-2H3,(H2,23,28)(H,24,25,26)/t18-/m1/s1. The average Bonchev–Trinajstić information content (AvgIpc) is 3.11. The number of benzene rings is 2. The zero-order valence-electron chi connectivity index (χ0n) is 16.0. The number of hydrogen-bond donors (Lipinski definition) is 2. The van der Waals surface area contributed by atoms with Gasteiger partial charge in [0.25, 0.3) is 0 Å². The summed E-state index contributed by atoms with van der Waals surface area (Å²) in [5, 5.41) is 8.39. The third-order valence-corrected chi connectivity index (χ3v) is 4.94. The molecule has 3 N–H and O–H groups in total. The van der Waals surface area contributed by atoms with Crippen molar-refractivity contribution in [2.45, 2.75) is 19.9 Å². The number of halogens is 1. The van der Waals surface area contributed by atoms with Crippen LogP contribution in [0.4, 0.5) is 5.95 Å². The maximum Gasteiger partial charge on any atom is 0.248 e. The predicted octanol–water partition coefficient (Wildman–Crippen LogP) is 3.77.